The summed E-state index contributed by atoms with van der Waals surface area (Å²) in [6.45, 7) is 2.22. The van der Waals surface area contributed by atoms with Crippen LogP contribution in [-0.2, 0) is 4.74 Å². The number of rotatable bonds is 0. The predicted molar refractivity (Wildman–Crippen MR) is 17.8 cm³/mol. The van der Waals surface area contributed by atoms with E-state index in [-0.39, 0.29) is 0 Å². The number of hydrogen-bond acceptors (Lipinski definition) is 1. The fraction of sp³-hybridized carbons (Fsp3) is 1.00. The molecule has 1 heteroatoms. The van der Waals surface area contributed by atoms with Gasteiger partial charge in [-0.2, -0.15) is 0 Å². The second kappa shape index (κ2) is 0.350. The Labute approximate surface area is 30.9 Å². The lowest BCUT2D eigenvalue weighted by molar-refractivity contribution is 0.237. The molecule has 0 aromatic rings. The van der Waals surface area contributed by atoms with Crippen LogP contribution in [0.3, 0.4) is 0 Å². The van der Waals surface area contributed by atoms with Gasteiger partial charge >= 0.3 is 0 Å². The van der Waals surface area contributed by atoms with Gasteiger partial charge < -0.3 is 4.74 Å². The van der Waals surface area contributed by atoms with Crippen LogP contribution in [0.15, 0.2) is 0 Å². The van der Waals surface area contributed by atoms with E-state index in [9.17, 15) is 0 Å². The summed E-state index contributed by atoms with van der Waals surface area (Å²) >= 11 is 0. The lowest BCUT2D eigenvalue weighted by atomic mass is 10.5. The highest BCUT2D eigenvalue weighted by molar-refractivity contribution is 5.10. The first-order valence-electron chi connectivity index (χ1n) is 2.05. The Hall–Kier alpha value is -0.0400. The summed E-state index contributed by atoms with van der Waals surface area (Å²) in [5.41, 5.74) is 0. The fourth-order valence-electron chi connectivity index (χ4n) is 0.685. The van der Waals surface area contributed by atoms with Crippen LogP contribution in [0.1, 0.15) is 6.92 Å². The third-order valence-electron chi connectivity index (χ3n) is 1.46. The molecule has 1 aliphatic heterocycles. The van der Waals surface area contributed by atoms with E-state index >= 15 is 0 Å². The van der Waals surface area contributed by atoms with Crippen LogP contribution < -0.4 is 0 Å². The van der Waals surface area contributed by atoms with E-state index in [0.29, 0.717) is 0 Å². The summed E-state index contributed by atoms with van der Waals surface area (Å²) in [5, 5.41) is 0. The lowest BCUT2D eigenvalue weighted by Gasteiger charge is -1.83. The van der Waals surface area contributed by atoms with E-state index < -0.39 is 0 Å². The van der Waals surface area contributed by atoms with Crippen molar-refractivity contribution in [3.05, 3.63) is 0 Å². The highest BCUT2D eigenvalue weighted by Crippen LogP contribution is 2.52. The molecule has 5 heavy (non-hydrogen) atoms. The molecule has 0 radical (unpaired) electrons. The summed E-state index contributed by atoms with van der Waals surface area (Å²) in [6, 6.07) is 0. The van der Waals surface area contributed by atoms with Gasteiger partial charge in [0.1, 0.15) is 0 Å². The van der Waals surface area contributed by atoms with Gasteiger partial charge in [0.05, 0.1) is 12.2 Å². The Morgan fingerprint density at radius 2 is 1.80 bits per heavy atom. The van der Waals surface area contributed by atoms with Crippen molar-refractivity contribution in [2.24, 2.45) is 5.92 Å². The molecule has 28 valence electrons. The van der Waals surface area contributed by atoms with Gasteiger partial charge in [0.25, 0.3) is 0 Å². The lowest BCUT2D eigenvalue weighted by Crippen LogP contribution is -1.84. The third-order valence-corrected chi connectivity index (χ3v) is 1.46. The molecule has 0 amide bonds. The molecular formula is C4H6O. The zero-order valence-corrected chi connectivity index (χ0v) is 3.14. The molecule has 0 N–H and O–H groups in total. The molecule has 0 aromatic carbocycles. The molecule has 2 fully saturated rings. The first kappa shape index (κ1) is 2.19. The van der Waals surface area contributed by atoms with Gasteiger partial charge in [0, 0.05) is 5.92 Å². The van der Waals surface area contributed by atoms with Crippen molar-refractivity contribution < 1.29 is 4.74 Å². The maximum Gasteiger partial charge on any atom is 0.0896 e. The summed E-state index contributed by atoms with van der Waals surface area (Å²) in [5.74, 6) is 0.926. The highest BCUT2D eigenvalue weighted by Gasteiger charge is 2.64. The number of hydrogen-bond donors (Lipinski definition) is 0. The minimum atomic E-state index is 0.718. The Kier molecular flexibility index (Phi) is 0.153. The molecule has 0 aromatic heterocycles. The van der Waals surface area contributed by atoms with Gasteiger partial charge in [-0.05, 0) is 0 Å². The topological polar surface area (TPSA) is 12.5 Å². The second-order valence-electron chi connectivity index (χ2n) is 1.92. The summed E-state index contributed by atoms with van der Waals surface area (Å²) in [4.78, 5) is 0. The van der Waals surface area contributed by atoms with Crippen molar-refractivity contribution in [2.75, 3.05) is 0 Å². The molecule has 2 rings (SSSR count). The van der Waals surface area contributed by atoms with Crippen LogP contribution in [0.4, 0.5) is 0 Å². The van der Waals surface area contributed by atoms with Crippen molar-refractivity contribution in [2.45, 2.75) is 19.1 Å². The summed E-state index contributed by atoms with van der Waals surface area (Å²) in [7, 11) is 0. The van der Waals surface area contributed by atoms with Crippen LogP contribution in [0.25, 0.3) is 0 Å². The van der Waals surface area contributed by atoms with Gasteiger partial charge in [0.15, 0.2) is 0 Å². The van der Waals surface area contributed by atoms with E-state index in [1.165, 1.54) is 0 Å². The first-order chi connectivity index (χ1) is 2.39. The Morgan fingerprint density at radius 3 is 1.80 bits per heavy atom. The van der Waals surface area contributed by atoms with E-state index in [1.807, 2.05) is 0 Å². The van der Waals surface area contributed by atoms with Crippen LogP contribution >= 0.6 is 0 Å². The molecule has 2 atom stereocenters. The maximum atomic E-state index is 4.92. The van der Waals surface area contributed by atoms with Crippen molar-refractivity contribution in [1.82, 2.24) is 0 Å². The van der Waals surface area contributed by atoms with Crippen molar-refractivity contribution in [3.8, 4) is 0 Å². The Bertz CT molecular complexity index is 55.3. The zero-order chi connectivity index (χ0) is 3.44. The molecule has 2 aliphatic rings. The predicted octanol–water partition coefficient (Wildman–Crippen LogP) is 0.403. The van der Waals surface area contributed by atoms with Crippen LogP contribution in [0.5, 0.6) is 0 Å². The third kappa shape index (κ3) is 0.106. The molecule has 1 aliphatic carbocycles. The highest BCUT2D eigenvalue weighted by atomic mass is 16.6. The SMILES string of the molecule is CC1C2OC12. The summed E-state index contributed by atoms with van der Waals surface area (Å²) in [6.07, 6.45) is 1.44. The van der Waals surface area contributed by atoms with E-state index in [2.05, 4.69) is 6.92 Å². The molecule has 2 unspecified atom stereocenters. The second-order valence-corrected chi connectivity index (χ2v) is 1.92. The zero-order valence-electron chi connectivity index (χ0n) is 3.14. The fourth-order valence-corrected chi connectivity index (χ4v) is 0.685. The quantitative estimate of drug-likeness (QED) is 0.376. The van der Waals surface area contributed by atoms with Crippen LogP contribution in [0, 0.1) is 5.92 Å². The average molecular weight is 70.1 g/mol. The van der Waals surface area contributed by atoms with E-state index in [1.54, 1.807) is 0 Å². The van der Waals surface area contributed by atoms with Crippen molar-refractivity contribution in [3.63, 3.8) is 0 Å². The average Bonchev–Trinajstić information content (AvgIpc) is 2.11. The minimum Gasteiger partial charge on any atom is -0.369 e. The molecule has 1 saturated heterocycles. The maximum absolute atomic E-state index is 4.92. The molecular weight excluding hydrogens is 64.0 g/mol. The van der Waals surface area contributed by atoms with Crippen molar-refractivity contribution in [1.29, 1.82) is 0 Å². The first-order valence-corrected chi connectivity index (χ1v) is 2.05. The van der Waals surface area contributed by atoms with Gasteiger partial charge in [-0.1, -0.05) is 6.92 Å². The minimum absolute atomic E-state index is 0.718. The van der Waals surface area contributed by atoms with E-state index in [4.69, 9.17) is 4.74 Å². The molecule has 0 bridgehead atoms. The van der Waals surface area contributed by atoms with Crippen molar-refractivity contribution >= 4 is 0 Å². The monoisotopic (exact) mass is 70.0 g/mol. The van der Waals surface area contributed by atoms with Crippen LogP contribution in [0.2, 0.25) is 0 Å². The molecule has 1 heterocycles. The van der Waals surface area contributed by atoms with Gasteiger partial charge in [-0.25, -0.2) is 0 Å². The molecule has 1 nitrogen and oxygen atoms in total. The Balaban J connectivity index is 2.19. The van der Waals surface area contributed by atoms with E-state index in [0.717, 1.165) is 18.1 Å². The number of fused-ring (bicyclic) bond motifs is 1. The van der Waals surface area contributed by atoms with Gasteiger partial charge in [-0.15, -0.1) is 0 Å². The van der Waals surface area contributed by atoms with Gasteiger partial charge in [0.2, 0.25) is 0 Å². The molecule has 0 spiro atoms. The van der Waals surface area contributed by atoms with Gasteiger partial charge in [-0.3, -0.25) is 0 Å². The molecule has 1 saturated carbocycles. The Morgan fingerprint density at radius 1 is 1.40 bits per heavy atom. The number of epoxide rings is 1. The smallest absolute Gasteiger partial charge is 0.0896 e. The summed E-state index contributed by atoms with van der Waals surface area (Å²) < 4.78 is 4.92. The standard InChI is InChI=1S/C4H6O/c1-2-3-4(2)5-3/h2-4H,1H3. The number of ether oxygens (including phenoxy) is 1. The normalized spacial score (nSPS) is 70.2. The largest absolute Gasteiger partial charge is 0.369 e. The van der Waals surface area contributed by atoms with Crippen LogP contribution in [-0.4, -0.2) is 12.2 Å².